The van der Waals surface area contributed by atoms with Gasteiger partial charge in [-0.2, -0.15) is 0 Å². The van der Waals surface area contributed by atoms with Crippen LogP contribution in [0.15, 0.2) is 12.1 Å². The van der Waals surface area contributed by atoms with Gasteiger partial charge in [-0.1, -0.05) is 6.07 Å². The van der Waals surface area contributed by atoms with Crippen LogP contribution in [0.3, 0.4) is 0 Å². The van der Waals surface area contributed by atoms with Crippen LogP contribution in [0, 0.1) is 13.8 Å². The first-order valence-corrected chi connectivity index (χ1v) is 6.78. The van der Waals surface area contributed by atoms with Crippen LogP contribution in [0.4, 0.5) is 5.69 Å². The standard InChI is InChI=1S/C15H22N2O2/c1-10-7-11(2)15(19-3)13(8-10)17-14(18)9-12-5-4-6-16-12/h7-8,12,16H,4-6,9H2,1-3H3,(H,17,18). The predicted octanol–water partition coefficient (Wildman–Crippen LogP) is 2.39. The number of carbonyl (C=O) groups is 1. The highest BCUT2D eigenvalue weighted by molar-refractivity contribution is 5.93. The maximum atomic E-state index is 12.1. The molecular weight excluding hydrogens is 240 g/mol. The maximum absolute atomic E-state index is 12.1. The van der Waals surface area contributed by atoms with Crippen LogP contribution in [-0.4, -0.2) is 25.6 Å². The average molecular weight is 262 g/mol. The summed E-state index contributed by atoms with van der Waals surface area (Å²) in [6.07, 6.45) is 2.76. The molecule has 2 rings (SSSR count). The summed E-state index contributed by atoms with van der Waals surface area (Å²) in [7, 11) is 1.63. The van der Waals surface area contributed by atoms with Crippen LogP contribution in [0.1, 0.15) is 30.4 Å². The van der Waals surface area contributed by atoms with Gasteiger partial charge in [0.2, 0.25) is 5.91 Å². The Hall–Kier alpha value is -1.55. The summed E-state index contributed by atoms with van der Waals surface area (Å²) in [5.41, 5.74) is 2.92. The van der Waals surface area contributed by atoms with E-state index in [0.717, 1.165) is 42.0 Å². The number of nitrogens with one attached hydrogen (secondary N) is 2. The highest BCUT2D eigenvalue weighted by Crippen LogP contribution is 2.30. The molecular formula is C15H22N2O2. The minimum atomic E-state index is 0.0442. The molecule has 104 valence electrons. The third-order valence-electron chi connectivity index (χ3n) is 3.49. The highest BCUT2D eigenvalue weighted by Gasteiger charge is 2.18. The summed E-state index contributed by atoms with van der Waals surface area (Å²) in [5, 5.41) is 6.30. The van der Waals surface area contributed by atoms with Gasteiger partial charge in [0.1, 0.15) is 5.75 Å². The smallest absolute Gasteiger partial charge is 0.226 e. The molecule has 0 aromatic heterocycles. The zero-order valence-corrected chi connectivity index (χ0v) is 11.9. The largest absolute Gasteiger partial charge is 0.494 e. The molecule has 0 radical (unpaired) electrons. The second kappa shape index (κ2) is 6.06. The van der Waals surface area contributed by atoms with E-state index >= 15 is 0 Å². The lowest BCUT2D eigenvalue weighted by atomic mass is 10.1. The van der Waals surface area contributed by atoms with Gasteiger partial charge in [0, 0.05) is 12.5 Å². The predicted molar refractivity (Wildman–Crippen MR) is 76.7 cm³/mol. The van der Waals surface area contributed by atoms with Crippen molar-refractivity contribution >= 4 is 11.6 Å². The van der Waals surface area contributed by atoms with Crippen LogP contribution in [0.5, 0.6) is 5.75 Å². The summed E-state index contributed by atoms with van der Waals surface area (Å²) in [6, 6.07) is 4.32. The summed E-state index contributed by atoms with van der Waals surface area (Å²) in [5.74, 6) is 0.793. The van der Waals surface area contributed by atoms with Crippen molar-refractivity contribution in [3.63, 3.8) is 0 Å². The minimum Gasteiger partial charge on any atom is -0.494 e. The van der Waals surface area contributed by atoms with Crippen LogP contribution >= 0.6 is 0 Å². The molecule has 1 aromatic carbocycles. The van der Waals surface area contributed by atoms with Crippen LogP contribution in [-0.2, 0) is 4.79 Å². The van der Waals surface area contributed by atoms with E-state index in [2.05, 4.69) is 10.6 Å². The van der Waals surface area contributed by atoms with Gasteiger partial charge in [-0.05, 0) is 50.4 Å². The Labute approximate surface area is 114 Å². The average Bonchev–Trinajstić information content (AvgIpc) is 2.81. The summed E-state index contributed by atoms with van der Waals surface area (Å²) < 4.78 is 5.37. The molecule has 1 fully saturated rings. The molecule has 1 amide bonds. The number of ether oxygens (including phenoxy) is 1. The first-order valence-electron chi connectivity index (χ1n) is 6.78. The second-order valence-electron chi connectivity index (χ2n) is 5.21. The van der Waals surface area contributed by atoms with Crippen molar-refractivity contribution in [3.05, 3.63) is 23.3 Å². The van der Waals surface area contributed by atoms with Gasteiger partial charge < -0.3 is 15.4 Å². The Balaban J connectivity index is 2.07. The number of anilines is 1. The van der Waals surface area contributed by atoms with Crippen LogP contribution in [0.2, 0.25) is 0 Å². The van der Waals surface area contributed by atoms with E-state index in [1.165, 1.54) is 0 Å². The van der Waals surface area contributed by atoms with Crippen molar-refractivity contribution in [2.24, 2.45) is 0 Å². The molecule has 1 aromatic rings. The fourth-order valence-electron chi connectivity index (χ4n) is 2.67. The third kappa shape index (κ3) is 3.47. The van der Waals surface area contributed by atoms with Gasteiger partial charge in [0.15, 0.2) is 0 Å². The molecule has 4 nitrogen and oxygen atoms in total. The first kappa shape index (κ1) is 13.9. The molecule has 4 heteroatoms. The lowest BCUT2D eigenvalue weighted by Crippen LogP contribution is -2.27. The number of hydrogen-bond donors (Lipinski definition) is 2. The zero-order chi connectivity index (χ0) is 13.8. The topological polar surface area (TPSA) is 50.4 Å². The van der Waals surface area contributed by atoms with Crippen molar-refractivity contribution < 1.29 is 9.53 Å². The number of rotatable bonds is 4. The number of carbonyl (C=O) groups excluding carboxylic acids is 1. The maximum Gasteiger partial charge on any atom is 0.226 e. The Morgan fingerprint density at radius 3 is 2.89 bits per heavy atom. The SMILES string of the molecule is COc1c(C)cc(C)cc1NC(=O)CC1CCCN1. The van der Waals surface area contributed by atoms with E-state index < -0.39 is 0 Å². The van der Waals surface area contributed by atoms with Gasteiger partial charge in [-0.25, -0.2) is 0 Å². The molecule has 1 unspecified atom stereocenters. The van der Waals surface area contributed by atoms with Gasteiger partial charge in [0.25, 0.3) is 0 Å². The van der Waals surface area contributed by atoms with Gasteiger partial charge in [-0.3, -0.25) is 4.79 Å². The van der Waals surface area contributed by atoms with Gasteiger partial charge in [0.05, 0.1) is 12.8 Å². The number of aryl methyl sites for hydroxylation is 2. The molecule has 0 bridgehead atoms. The lowest BCUT2D eigenvalue weighted by Gasteiger charge is -2.15. The molecule has 0 spiro atoms. The Morgan fingerprint density at radius 2 is 2.26 bits per heavy atom. The molecule has 1 saturated heterocycles. The van der Waals surface area contributed by atoms with Crippen molar-refractivity contribution in [3.8, 4) is 5.75 Å². The molecule has 0 saturated carbocycles. The number of hydrogen-bond acceptors (Lipinski definition) is 3. The molecule has 19 heavy (non-hydrogen) atoms. The van der Waals surface area contributed by atoms with Gasteiger partial charge in [-0.15, -0.1) is 0 Å². The van der Waals surface area contributed by atoms with E-state index in [9.17, 15) is 4.79 Å². The quantitative estimate of drug-likeness (QED) is 0.876. The summed E-state index contributed by atoms with van der Waals surface area (Å²) in [6.45, 7) is 5.02. The zero-order valence-electron chi connectivity index (χ0n) is 11.9. The summed E-state index contributed by atoms with van der Waals surface area (Å²) >= 11 is 0. The summed E-state index contributed by atoms with van der Waals surface area (Å²) in [4.78, 5) is 12.1. The molecule has 1 heterocycles. The number of methoxy groups -OCH3 is 1. The van der Waals surface area contributed by atoms with E-state index in [1.807, 2.05) is 26.0 Å². The van der Waals surface area contributed by atoms with Crippen LogP contribution < -0.4 is 15.4 Å². The molecule has 2 N–H and O–H groups in total. The van der Waals surface area contributed by atoms with Crippen molar-refractivity contribution in [1.82, 2.24) is 5.32 Å². The fourth-order valence-corrected chi connectivity index (χ4v) is 2.67. The number of benzene rings is 1. The Kier molecular flexibility index (Phi) is 4.43. The van der Waals surface area contributed by atoms with Gasteiger partial charge >= 0.3 is 0 Å². The molecule has 1 aliphatic rings. The normalized spacial score (nSPS) is 18.4. The van der Waals surface area contributed by atoms with Crippen molar-refractivity contribution in [2.75, 3.05) is 19.0 Å². The Morgan fingerprint density at radius 1 is 1.47 bits per heavy atom. The van der Waals surface area contributed by atoms with Crippen molar-refractivity contribution in [2.45, 2.75) is 39.2 Å². The monoisotopic (exact) mass is 262 g/mol. The van der Waals surface area contributed by atoms with E-state index in [0.29, 0.717) is 12.5 Å². The molecule has 1 aliphatic heterocycles. The van der Waals surface area contributed by atoms with E-state index in [1.54, 1.807) is 7.11 Å². The first-order chi connectivity index (χ1) is 9.10. The van der Waals surface area contributed by atoms with Crippen molar-refractivity contribution in [1.29, 1.82) is 0 Å². The highest BCUT2D eigenvalue weighted by atomic mass is 16.5. The van der Waals surface area contributed by atoms with E-state index in [4.69, 9.17) is 4.74 Å². The molecule has 1 atom stereocenters. The number of amides is 1. The minimum absolute atomic E-state index is 0.0442. The third-order valence-corrected chi connectivity index (χ3v) is 3.49. The fraction of sp³-hybridized carbons (Fsp3) is 0.533. The van der Waals surface area contributed by atoms with Crippen LogP contribution in [0.25, 0.3) is 0 Å². The van der Waals surface area contributed by atoms with E-state index in [-0.39, 0.29) is 5.91 Å². The second-order valence-corrected chi connectivity index (χ2v) is 5.21. The Bertz CT molecular complexity index is 465. The molecule has 0 aliphatic carbocycles. The lowest BCUT2D eigenvalue weighted by molar-refractivity contribution is -0.116.